The standard InChI is InChI=1S/C16H17N3O6/c1-23-13-4-3-10(9-12(13)16(20)24-2)15-11(5-7-17-21)14(25-19-15)6-8-18-22/h3-4,9H,5-8H2,1-2H3. The van der Waals surface area contributed by atoms with Gasteiger partial charge in [0.2, 0.25) is 0 Å². The van der Waals surface area contributed by atoms with E-state index in [4.69, 9.17) is 14.0 Å². The van der Waals surface area contributed by atoms with E-state index in [-0.39, 0.29) is 25.1 Å². The van der Waals surface area contributed by atoms with Gasteiger partial charge in [0, 0.05) is 24.0 Å². The minimum atomic E-state index is -0.552. The molecule has 0 aliphatic rings. The Balaban J connectivity index is 2.49. The predicted octanol–water partition coefficient (Wildman–Crippen LogP) is 2.75. The number of hydrogen-bond acceptors (Lipinski definition) is 9. The second-order valence-corrected chi connectivity index (χ2v) is 5.04. The van der Waals surface area contributed by atoms with Gasteiger partial charge in [-0.25, -0.2) is 4.79 Å². The van der Waals surface area contributed by atoms with Gasteiger partial charge in [-0.05, 0) is 18.2 Å². The van der Waals surface area contributed by atoms with Gasteiger partial charge in [0.1, 0.15) is 22.8 Å². The number of carbonyl (C=O) groups is 1. The highest BCUT2D eigenvalue weighted by molar-refractivity contribution is 5.94. The zero-order chi connectivity index (χ0) is 18.2. The molecule has 1 heterocycles. The Kier molecular flexibility index (Phi) is 6.33. The van der Waals surface area contributed by atoms with Crippen LogP contribution in [0.25, 0.3) is 11.3 Å². The number of aromatic nitrogens is 1. The van der Waals surface area contributed by atoms with Crippen molar-refractivity contribution in [1.29, 1.82) is 0 Å². The zero-order valence-corrected chi connectivity index (χ0v) is 13.9. The summed E-state index contributed by atoms with van der Waals surface area (Å²) < 4.78 is 15.2. The van der Waals surface area contributed by atoms with Crippen molar-refractivity contribution in [3.8, 4) is 17.0 Å². The van der Waals surface area contributed by atoms with Gasteiger partial charge in [0.15, 0.2) is 0 Å². The van der Waals surface area contributed by atoms with Crippen LogP contribution in [0.1, 0.15) is 21.7 Å². The minimum absolute atomic E-state index is 0.0339. The lowest BCUT2D eigenvalue weighted by Crippen LogP contribution is -2.04. The van der Waals surface area contributed by atoms with Gasteiger partial charge in [-0.3, -0.25) is 0 Å². The Morgan fingerprint density at radius 1 is 1.16 bits per heavy atom. The summed E-state index contributed by atoms with van der Waals surface area (Å²) in [7, 11) is 2.72. The van der Waals surface area contributed by atoms with Crippen molar-refractivity contribution in [3.63, 3.8) is 0 Å². The fourth-order valence-corrected chi connectivity index (χ4v) is 2.45. The summed E-state index contributed by atoms with van der Waals surface area (Å²) in [6, 6.07) is 4.90. The summed E-state index contributed by atoms with van der Waals surface area (Å²) in [5, 5.41) is 9.68. The van der Waals surface area contributed by atoms with Gasteiger partial charge in [-0.15, -0.1) is 0 Å². The van der Waals surface area contributed by atoms with E-state index >= 15 is 0 Å². The van der Waals surface area contributed by atoms with E-state index < -0.39 is 5.97 Å². The van der Waals surface area contributed by atoms with Crippen LogP contribution in [0.5, 0.6) is 5.75 Å². The lowest BCUT2D eigenvalue weighted by atomic mass is 10.00. The molecule has 25 heavy (non-hydrogen) atoms. The SMILES string of the molecule is COC(=O)c1cc(-c2noc(CCN=O)c2CCN=O)ccc1OC. The second kappa shape index (κ2) is 8.67. The molecule has 1 aromatic carbocycles. The number of rotatable bonds is 9. The summed E-state index contributed by atoms with van der Waals surface area (Å²) >= 11 is 0. The highest BCUT2D eigenvalue weighted by Gasteiger charge is 2.20. The van der Waals surface area contributed by atoms with Gasteiger partial charge in [0.25, 0.3) is 0 Å². The molecule has 0 unspecified atom stereocenters. The highest BCUT2D eigenvalue weighted by Crippen LogP contribution is 2.31. The molecule has 0 spiro atoms. The molecule has 9 heteroatoms. The molecule has 0 fully saturated rings. The quantitative estimate of drug-likeness (QED) is 0.505. The van der Waals surface area contributed by atoms with Crippen LogP contribution in [0.15, 0.2) is 33.1 Å². The molecular formula is C16H17N3O6. The smallest absolute Gasteiger partial charge is 0.341 e. The summed E-state index contributed by atoms with van der Waals surface area (Å²) in [4.78, 5) is 32.8. The maximum Gasteiger partial charge on any atom is 0.341 e. The number of nitroso groups, excluding NO2 is 2. The highest BCUT2D eigenvalue weighted by atomic mass is 16.5. The lowest BCUT2D eigenvalue weighted by molar-refractivity contribution is 0.0597. The molecule has 0 saturated carbocycles. The van der Waals surface area contributed by atoms with Crippen LogP contribution in [0.2, 0.25) is 0 Å². The number of benzene rings is 1. The average Bonchev–Trinajstić information content (AvgIpc) is 3.05. The number of esters is 1. The van der Waals surface area contributed by atoms with Crippen molar-refractivity contribution in [1.82, 2.24) is 5.16 Å². The van der Waals surface area contributed by atoms with E-state index in [9.17, 15) is 14.6 Å². The number of nitrogens with zero attached hydrogens (tertiary/aromatic N) is 3. The summed E-state index contributed by atoms with van der Waals surface area (Å²) in [5.41, 5.74) is 1.96. The molecule has 0 radical (unpaired) electrons. The van der Waals surface area contributed by atoms with Crippen LogP contribution >= 0.6 is 0 Å². The first kappa shape index (κ1) is 18.2. The molecule has 9 nitrogen and oxygen atoms in total. The molecule has 0 aliphatic heterocycles. The molecule has 132 valence electrons. The first-order valence-corrected chi connectivity index (χ1v) is 7.48. The van der Waals surface area contributed by atoms with E-state index in [1.54, 1.807) is 18.2 Å². The first-order chi connectivity index (χ1) is 12.2. The zero-order valence-electron chi connectivity index (χ0n) is 13.9. The topological polar surface area (TPSA) is 120 Å². The summed E-state index contributed by atoms with van der Waals surface area (Å²) in [6.45, 7) is 0.0713. The van der Waals surface area contributed by atoms with Crippen molar-refractivity contribution in [2.24, 2.45) is 10.4 Å². The van der Waals surface area contributed by atoms with E-state index in [0.29, 0.717) is 34.8 Å². The van der Waals surface area contributed by atoms with E-state index in [0.717, 1.165) is 0 Å². The van der Waals surface area contributed by atoms with Gasteiger partial charge in [-0.2, -0.15) is 9.81 Å². The molecule has 2 rings (SSSR count). The molecule has 0 atom stereocenters. The van der Waals surface area contributed by atoms with Crippen LogP contribution in [-0.4, -0.2) is 38.4 Å². The monoisotopic (exact) mass is 347 g/mol. The van der Waals surface area contributed by atoms with Crippen molar-refractivity contribution in [2.45, 2.75) is 12.8 Å². The maximum atomic E-state index is 11.9. The summed E-state index contributed by atoms with van der Waals surface area (Å²) in [6.07, 6.45) is 0.570. The van der Waals surface area contributed by atoms with Crippen LogP contribution < -0.4 is 4.74 Å². The third kappa shape index (κ3) is 4.06. The second-order valence-electron chi connectivity index (χ2n) is 5.04. The third-order valence-electron chi connectivity index (χ3n) is 3.63. The Labute approximate surface area is 143 Å². The Morgan fingerprint density at radius 2 is 1.88 bits per heavy atom. The van der Waals surface area contributed by atoms with Gasteiger partial charge < -0.3 is 14.0 Å². The molecule has 0 N–H and O–H groups in total. The molecule has 2 aromatic rings. The molecular weight excluding hydrogens is 330 g/mol. The largest absolute Gasteiger partial charge is 0.496 e. The molecule has 0 bridgehead atoms. The third-order valence-corrected chi connectivity index (χ3v) is 3.63. The number of hydrogen-bond donors (Lipinski definition) is 0. The predicted molar refractivity (Wildman–Crippen MR) is 88.6 cm³/mol. The van der Waals surface area contributed by atoms with E-state index in [2.05, 4.69) is 15.5 Å². The molecule has 0 saturated heterocycles. The van der Waals surface area contributed by atoms with Gasteiger partial charge in [-0.1, -0.05) is 15.5 Å². The van der Waals surface area contributed by atoms with Crippen molar-refractivity contribution in [2.75, 3.05) is 27.3 Å². The first-order valence-electron chi connectivity index (χ1n) is 7.48. The van der Waals surface area contributed by atoms with Crippen LogP contribution in [0.4, 0.5) is 0 Å². The molecule has 0 amide bonds. The Bertz CT molecular complexity index is 771. The van der Waals surface area contributed by atoms with E-state index in [1.165, 1.54) is 14.2 Å². The van der Waals surface area contributed by atoms with Crippen LogP contribution in [0, 0.1) is 9.81 Å². The van der Waals surface area contributed by atoms with Crippen LogP contribution in [-0.2, 0) is 17.6 Å². The van der Waals surface area contributed by atoms with Crippen molar-refractivity contribution >= 4 is 5.97 Å². The summed E-state index contributed by atoms with van der Waals surface area (Å²) in [5.74, 6) is 0.276. The van der Waals surface area contributed by atoms with Gasteiger partial charge >= 0.3 is 5.97 Å². The lowest BCUT2D eigenvalue weighted by Gasteiger charge is -2.09. The fourth-order valence-electron chi connectivity index (χ4n) is 2.45. The molecule has 1 aromatic heterocycles. The number of ether oxygens (including phenoxy) is 2. The van der Waals surface area contributed by atoms with Crippen molar-refractivity contribution < 1.29 is 18.8 Å². The minimum Gasteiger partial charge on any atom is -0.496 e. The fraction of sp³-hybridized carbons (Fsp3) is 0.375. The molecule has 0 aliphatic carbocycles. The Hall–Kier alpha value is -3.10. The normalized spacial score (nSPS) is 10.3. The van der Waals surface area contributed by atoms with Crippen molar-refractivity contribution in [3.05, 3.63) is 44.9 Å². The number of methoxy groups -OCH3 is 2. The van der Waals surface area contributed by atoms with Crippen LogP contribution in [0.3, 0.4) is 0 Å². The Morgan fingerprint density at radius 3 is 2.52 bits per heavy atom. The van der Waals surface area contributed by atoms with E-state index in [1.807, 2.05) is 0 Å². The number of carbonyl (C=O) groups excluding carboxylic acids is 1. The maximum absolute atomic E-state index is 11.9. The van der Waals surface area contributed by atoms with Gasteiger partial charge in [0.05, 0.1) is 27.3 Å². The average molecular weight is 347 g/mol.